The van der Waals surface area contributed by atoms with Crippen molar-refractivity contribution >= 4 is 11.9 Å². The summed E-state index contributed by atoms with van der Waals surface area (Å²) in [6, 6.07) is 0. The molecule has 3 saturated heterocycles. The first-order valence-corrected chi connectivity index (χ1v) is 24.5. The molecule has 0 aromatic carbocycles. The van der Waals surface area contributed by atoms with Gasteiger partial charge in [0, 0.05) is 6.61 Å². The maximum absolute atomic E-state index is 15.0. The zero-order chi connectivity index (χ0) is 49.8. The van der Waals surface area contributed by atoms with Gasteiger partial charge in [-0.25, -0.2) is 0 Å². The molecule has 20 nitrogen and oxygen atoms in total. The molecule has 0 spiro atoms. The molecule has 12 N–H and O–H groups in total. The van der Waals surface area contributed by atoms with E-state index < -0.39 is 151 Å². The van der Waals surface area contributed by atoms with Gasteiger partial charge in [0.15, 0.2) is 12.6 Å². The molecule has 3 aliphatic heterocycles. The number of esters is 1. The van der Waals surface area contributed by atoms with Gasteiger partial charge in [0.1, 0.15) is 67.1 Å². The molecule has 4 saturated carbocycles. The van der Waals surface area contributed by atoms with Crippen molar-refractivity contribution in [1.29, 1.82) is 0 Å². The van der Waals surface area contributed by atoms with Crippen molar-refractivity contribution in [3.8, 4) is 0 Å². The van der Waals surface area contributed by atoms with Gasteiger partial charge in [-0.15, -0.1) is 0 Å². The third-order valence-corrected chi connectivity index (χ3v) is 19.6. The second-order valence-corrected chi connectivity index (χ2v) is 23.1. The maximum atomic E-state index is 15.0. The average Bonchev–Trinajstić information content (AvgIpc) is 3.30. The summed E-state index contributed by atoms with van der Waals surface area (Å²) in [5, 5.41) is 129. The van der Waals surface area contributed by atoms with Gasteiger partial charge < -0.3 is 89.7 Å². The Morgan fingerprint density at radius 1 is 0.691 bits per heavy atom. The number of aliphatic hydroxyl groups excluding tert-OH is 11. The fraction of sp³-hybridized carbons (Fsp3) is 0.917. The third-order valence-electron chi connectivity index (χ3n) is 19.6. The Morgan fingerprint density at radius 2 is 1.32 bits per heavy atom. The highest BCUT2D eigenvalue weighted by molar-refractivity contribution is 5.79. The molecule has 388 valence electrons. The predicted molar refractivity (Wildman–Crippen MR) is 232 cm³/mol. The fourth-order valence-electron chi connectivity index (χ4n) is 14.8. The quantitative estimate of drug-likeness (QED) is 0.0942. The molecule has 25 atom stereocenters. The van der Waals surface area contributed by atoms with Crippen LogP contribution in [0.1, 0.15) is 106 Å². The Balaban J connectivity index is 0.991. The van der Waals surface area contributed by atoms with Gasteiger partial charge in [-0.05, 0) is 117 Å². The number of aliphatic hydroxyl groups is 11. The van der Waals surface area contributed by atoms with Gasteiger partial charge in [-0.3, -0.25) is 9.59 Å². The summed E-state index contributed by atoms with van der Waals surface area (Å²) >= 11 is 0. The van der Waals surface area contributed by atoms with Crippen molar-refractivity contribution in [1.82, 2.24) is 0 Å². The number of carbonyl (C=O) groups excluding carboxylic acids is 1. The van der Waals surface area contributed by atoms with E-state index in [0.29, 0.717) is 57.8 Å². The van der Waals surface area contributed by atoms with Crippen LogP contribution in [0.15, 0.2) is 11.6 Å². The van der Waals surface area contributed by atoms with E-state index in [1.165, 1.54) is 6.92 Å². The van der Waals surface area contributed by atoms with E-state index in [2.05, 4.69) is 26.8 Å². The van der Waals surface area contributed by atoms with Crippen molar-refractivity contribution in [2.45, 2.75) is 204 Å². The second kappa shape index (κ2) is 18.5. The number of hydrogen-bond donors (Lipinski definition) is 12. The Labute approximate surface area is 396 Å². The SMILES string of the molecule is C[C@@H]1O[C@@H](O[C@H]2[C@H](O)[C@@H](O)[C@H](OC[C@H]3O[C@@H](OC(=O)[C@]45CC[C@](C)(CO)C[C@H]4C4=CC[C@@H]6[C@@]7(C)CC[C@H](O)[C@@](C)(C(=O)O)[C@@H]7CC[C@@]6(C)[C@]4(C)CC5)[C@H](O)[C@@H](O)[C@@H]3O)O[C@@H]2CO)[C@H](O)[C@H](O)[C@H]1O. The minimum absolute atomic E-state index is 0.0893. The summed E-state index contributed by atoms with van der Waals surface area (Å²) in [6.45, 7) is 10.3. The minimum Gasteiger partial charge on any atom is -0.481 e. The molecular formula is C48H76O20. The zero-order valence-corrected chi connectivity index (χ0v) is 39.9. The molecule has 0 aromatic heterocycles. The van der Waals surface area contributed by atoms with Gasteiger partial charge in [0.2, 0.25) is 6.29 Å². The lowest BCUT2D eigenvalue weighted by Crippen LogP contribution is -2.67. The molecule has 0 aromatic rings. The Hall–Kier alpha value is -1.96. The van der Waals surface area contributed by atoms with Crippen molar-refractivity contribution in [3.05, 3.63) is 11.6 Å². The van der Waals surface area contributed by atoms with Crippen LogP contribution in [-0.4, -0.2) is 191 Å². The van der Waals surface area contributed by atoms with Crippen LogP contribution in [0, 0.1) is 50.2 Å². The van der Waals surface area contributed by atoms with E-state index in [1.807, 2.05) is 6.92 Å². The van der Waals surface area contributed by atoms with E-state index >= 15 is 0 Å². The van der Waals surface area contributed by atoms with E-state index in [1.54, 1.807) is 6.92 Å². The maximum Gasteiger partial charge on any atom is 0.315 e. The minimum atomic E-state index is -1.90. The summed E-state index contributed by atoms with van der Waals surface area (Å²) in [5.41, 5.74) is -2.97. The number of aliphatic carboxylic acids is 1. The van der Waals surface area contributed by atoms with E-state index in [-0.39, 0.29) is 29.3 Å². The first kappa shape index (κ1) is 52.4. The number of carboxylic acids is 1. The number of fused-ring (bicyclic) bond motifs is 7. The highest BCUT2D eigenvalue weighted by atomic mass is 16.8. The Bertz CT molecular complexity index is 1900. The molecule has 8 aliphatic rings. The van der Waals surface area contributed by atoms with Crippen LogP contribution >= 0.6 is 0 Å². The monoisotopic (exact) mass is 972 g/mol. The Kier molecular flexibility index (Phi) is 14.3. The van der Waals surface area contributed by atoms with Crippen LogP contribution in [0.25, 0.3) is 0 Å². The Morgan fingerprint density at radius 3 is 1.99 bits per heavy atom. The highest BCUT2D eigenvalue weighted by Crippen LogP contribution is 2.76. The van der Waals surface area contributed by atoms with Crippen LogP contribution in [-0.2, 0) is 38.0 Å². The summed E-state index contributed by atoms with van der Waals surface area (Å²) in [7, 11) is 0. The number of hydrogen-bond acceptors (Lipinski definition) is 19. The molecular weight excluding hydrogens is 897 g/mol. The van der Waals surface area contributed by atoms with Gasteiger partial charge in [0.05, 0.1) is 36.3 Å². The fourth-order valence-corrected chi connectivity index (χ4v) is 14.8. The number of rotatable bonds is 10. The lowest BCUT2D eigenvalue weighted by atomic mass is 9.33. The normalized spacial score (nSPS) is 54.8. The molecule has 5 aliphatic carbocycles. The predicted octanol–water partition coefficient (Wildman–Crippen LogP) is -0.795. The van der Waals surface area contributed by atoms with Gasteiger partial charge in [-0.2, -0.15) is 0 Å². The lowest BCUT2D eigenvalue weighted by Gasteiger charge is -2.71. The van der Waals surface area contributed by atoms with Gasteiger partial charge >= 0.3 is 11.9 Å². The molecule has 0 radical (unpaired) electrons. The van der Waals surface area contributed by atoms with Crippen LogP contribution in [0.2, 0.25) is 0 Å². The van der Waals surface area contributed by atoms with Crippen molar-refractivity contribution in [2.24, 2.45) is 50.2 Å². The molecule has 8 rings (SSSR count). The first-order valence-electron chi connectivity index (χ1n) is 24.5. The number of carboxylic acid groups (broad SMARTS) is 1. The number of ether oxygens (including phenoxy) is 6. The zero-order valence-electron chi connectivity index (χ0n) is 39.9. The second-order valence-electron chi connectivity index (χ2n) is 23.1. The van der Waals surface area contributed by atoms with Gasteiger partial charge in [0.25, 0.3) is 0 Å². The molecule has 20 heteroatoms. The van der Waals surface area contributed by atoms with Crippen LogP contribution in [0.3, 0.4) is 0 Å². The summed E-state index contributed by atoms with van der Waals surface area (Å²) in [5.74, 6) is -2.20. The standard InChI is InChI=1S/C48H76O20/c1-21-29(52)31(54)34(57)39(64-21)67-37-24(18-49)65-38(36(59)33(37)56)63-19-25-30(53)32(55)35(58)40(66-25)68-42(62)48-15-13-43(2,20-50)17-23(48)22-7-8-26-44(3)11-10-28(51)47(6,41(60)61)27(44)9-12-46(26,5)45(22,4)14-16-48/h7,21,23-40,49-59H,8-20H2,1-6H3,(H,60,61)/t21-,23-,24+,25+,26+,27+,28-,29-,30+,31+,32-,33+,34+,35+,36+,37+,38+,39-,40-,43-,44+,45+,46+,47-,48-/m0/s1. The van der Waals surface area contributed by atoms with Crippen LogP contribution in [0.5, 0.6) is 0 Å². The molecule has 0 bridgehead atoms. The van der Waals surface area contributed by atoms with Gasteiger partial charge in [-0.1, -0.05) is 39.3 Å². The topological polar surface area (TPSA) is 332 Å². The summed E-state index contributed by atoms with van der Waals surface area (Å²) in [6.07, 6.45) is -18.1. The molecule has 7 fully saturated rings. The van der Waals surface area contributed by atoms with E-state index in [0.717, 1.165) is 12.0 Å². The van der Waals surface area contributed by atoms with Crippen LogP contribution < -0.4 is 0 Å². The highest BCUT2D eigenvalue weighted by Gasteiger charge is 2.71. The first-order chi connectivity index (χ1) is 31.8. The average molecular weight is 973 g/mol. The van der Waals surface area contributed by atoms with E-state index in [9.17, 15) is 70.9 Å². The van der Waals surface area contributed by atoms with Crippen molar-refractivity contribution < 1.29 is 99.3 Å². The smallest absolute Gasteiger partial charge is 0.315 e. The molecule has 0 amide bonds. The van der Waals surface area contributed by atoms with Crippen molar-refractivity contribution in [2.75, 3.05) is 19.8 Å². The molecule has 3 heterocycles. The summed E-state index contributed by atoms with van der Waals surface area (Å²) in [4.78, 5) is 27.8. The third kappa shape index (κ3) is 7.94. The molecule has 0 unspecified atom stereocenters. The van der Waals surface area contributed by atoms with Crippen molar-refractivity contribution in [3.63, 3.8) is 0 Å². The largest absolute Gasteiger partial charge is 0.481 e. The lowest BCUT2D eigenvalue weighted by molar-refractivity contribution is -0.361. The van der Waals surface area contributed by atoms with E-state index in [4.69, 9.17) is 28.4 Å². The number of allylic oxidation sites excluding steroid dienone is 2. The molecule has 68 heavy (non-hydrogen) atoms. The number of carbonyl (C=O) groups is 2. The summed E-state index contributed by atoms with van der Waals surface area (Å²) < 4.78 is 34.6. The van der Waals surface area contributed by atoms with Crippen LogP contribution in [0.4, 0.5) is 0 Å².